The van der Waals surface area contributed by atoms with Crippen molar-refractivity contribution < 1.29 is 9.59 Å². The third-order valence-electron chi connectivity index (χ3n) is 4.86. The summed E-state index contributed by atoms with van der Waals surface area (Å²) >= 11 is 1.28. The molecule has 3 aromatic rings. The molecule has 8 heteroatoms. The van der Waals surface area contributed by atoms with Crippen LogP contribution in [0.2, 0.25) is 0 Å². The number of anilines is 1. The highest BCUT2D eigenvalue weighted by atomic mass is 32.1. The lowest BCUT2D eigenvalue weighted by Crippen LogP contribution is -2.28. The average Bonchev–Trinajstić information content (AvgIpc) is 3.29. The molecule has 2 aromatic heterocycles. The fourth-order valence-corrected chi connectivity index (χ4v) is 3.91. The number of thiazole rings is 1. The van der Waals surface area contributed by atoms with Crippen LogP contribution in [-0.4, -0.2) is 33.1 Å². The van der Waals surface area contributed by atoms with E-state index in [1.807, 2.05) is 39.8 Å². The summed E-state index contributed by atoms with van der Waals surface area (Å²) < 4.78 is 2.44. The Balaban J connectivity index is 1.64. The summed E-state index contributed by atoms with van der Waals surface area (Å²) in [6.45, 7) is 8.68. The van der Waals surface area contributed by atoms with Gasteiger partial charge in [-0.15, -0.1) is 0 Å². The predicted molar refractivity (Wildman–Crippen MR) is 115 cm³/mol. The average molecular weight is 412 g/mol. The molecule has 7 nitrogen and oxygen atoms in total. The normalized spacial score (nSPS) is 14.2. The van der Waals surface area contributed by atoms with Gasteiger partial charge in [0.2, 0.25) is 0 Å². The fourth-order valence-electron chi connectivity index (χ4n) is 2.99. The Hall–Kier alpha value is -2.74. The zero-order valence-corrected chi connectivity index (χ0v) is 17.9. The van der Waals surface area contributed by atoms with Gasteiger partial charge in [-0.1, -0.05) is 29.0 Å². The van der Waals surface area contributed by atoms with E-state index in [0.717, 1.165) is 5.56 Å². The molecule has 0 saturated heterocycles. The van der Waals surface area contributed by atoms with Crippen LogP contribution in [0.25, 0.3) is 10.3 Å². The molecule has 1 aliphatic rings. The van der Waals surface area contributed by atoms with Crippen molar-refractivity contribution in [2.45, 2.75) is 46.1 Å². The second-order valence-corrected chi connectivity index (χ2v) is 9.58. The van der Waals surface area contributed by atoms with E-state index in [4.69, 9.17) is 0 Å². The van der Waals surface area contributed by atoms with Gasteiger partial charge in [-0.25, -0.2) is 4.68 Å². The lowest BCUT2D eigenvalue weighted by molar-refractivity contribution is 0.0946. The van der Waals surface area contributed by atoms with Crippen LogP contribution in [0.4, 0.5) is 5.13 Å². The van der Waals surface area contributed by atoms with Crippen LogP contribution in [0.1, 0.15) is 60.0 Å². The highest BCUT2D eigenvalue weighted by Gasteiger charge is 2.28. The van der Waals surface area contributed by atoms with E-state index in [2.05, 4.69) is 20.7 Å². The molecule has 4 rings (SSSR count). The van der Waals surface area contributed by atoms with Crippen molar-refractivity contribution in [1.82, 2.24) is 20.1 Å². The summed E-state index contributed by atoms with van der Waals surface area (Å²) in [7, 11) is 0. The zero-order valence-electron chi connectivity index (χ0n) is 17.1. The molecule has 0 spiro atoms. The minimum Gasteiger partial charge on any atom is -0.350 e. The summed E-state index contributed by atoms with van der Waals surface area (Å²) in [5, 5.41) is 10.8. The third kappa shape index (κ3) is 4.17. The number of fused-ring (bicyclic) bond motifs is 1. The molecule has 29 heavy (non-hydrogen) atoms. The third-order valence-corrected chi connectivity index (χ3v) is 5.82. The van der Waals surface area contributed by atoms with E-state index in [1.54, 1.807) is 16.8 Å². The smallest absolute Gasteiger partial charge is 0.273 e. The Kier molecular flexibility index (Phi) is 4.90. The number of hydrogen-bond acceptors (Lipinski definition) is 5. The summed E-state index contributed by atoms with van der Waals surface area (Å²) in [6, 6.07) is 7.36. The van der Waals surface area contributed by atoms with Gasteiger partial charge < -0.3 is 5.32 Å². The van der Waals surface area contributed by atoms with Crippen molar-refractivity contribution in [1.29, 1.82) is 0 Å². The van der Waals surface area contributed by atoms with Gasteiger partial charge in [0, 0.05) is 12.1 Å². The molecule has 0 unspecified atom stereocenters. The predicted octanol–water partition coefficient (Wildman–Crippen LogP) is 3.95. The quantitative estimate of drug-likeness (QED) is 0.665. The molecular formula is C21H25N5O2S. The molecule has 1 saturated carbocycles. The standard InChI is InChI=1S/C21H25N5O2S/c1-12-5-9-14(10-6-12)18(27)24-20-23-17-16(29-20)15(25-26(17)21(2,3)4)19(28)22-11-13-7-8-13/h5-6,9-10,13H,7-8,11H2,1-4H3,(H,22,28)(H,23,24,27). The van der Waals surface area contributed by atoms with Crippen LogP contribution in [-0.2, 0) is 5.54 Å². The Morgan fingerprint density at radius 2 is 1.86 bits per heavy atom. The first-order valence-corrected chi connectivity index (χ1v) is 10.6. The molecule has 1 aliphatic carbocycles. The summed E-state index contributed by atoms with van der Waals surface area (Å²) in [5.41, 5.74) is 2.28. The molecule has 2 amide bonds. The van der Waals surface area contributed by atoms with E-state index in [9.17, 15) is 9.59 Å². The first-order valence-electron chi connectivity index (χ1n) is 9.78. The maximum atomic E-state index is 12.7. The zero-order chi connectivity index (χ0) is 20.8. The van der Waals surface area contributed by atoms with Gasteiger partial charge in [0.05, 0.1) is 5.54 Å². The van der Waals surface area contributed by atoms with Crippen LogP contribution in [0, 0.1) is 12.8 Å². The Morgan fingerprint density at radius 3 is 2.48 bits per heavy atom. The van der Waals surface area contributed by atoms with Gasteiger partial charge in [-0.2, -0.15) is 10.1 Å². The topological polar surface area (TPSA) is 88.9 Å². The van der Waals surface area contributed by atoms with Gasteiger partial charge in [0.15, 0.2) is 16.5 Å². The number of carbonyl (C=O) groups excluding carboxylic acids is 2. The number of hydrogen-bond donors (Lipinski definition) is 2. The van der Waals surface area contributed by atoms with Crippen LogP contribution in [0.5, 0.6) is 0 Å². The number of aryl methyl sites for hydroxylation is 1. The number of nitrogens with zero attached hydrogens (tertiary/aromatic N) is 3. The number of amides is 2. The summed E-state index contributed by atoms with van der Waals surface area (Å²) in [6.07, 6.45) is 2.34. The lowest BCUT2D eigenvalue weighted by atomic mass is 10.1. The Morgan fingerprint density at radius 1 is 1.17 bits per heavy atom. The minimum atomic E-state index is -0.348. The Bertz CT molecular complexity index is 1070. The molecular weight excluding hydrogens is 386 g/mol. The molecule has 1 fully saturated rings. The molecule has 0 atom stereocenters. The first-order chi connectivity index (χ1) is 13.7. The number of benzene rings is 1. The number of carbonyl (C=O) groups is 2. The maximum absolute atomic E-state index is 12.7. The molecule has 2 N–H and O–H groups in total. The highest BCUT2D eigenvalue weighted by Crippen LogP contribution is 2.33. The summed E-state index contributed by atoms with van der Waals surface area (Å²) in [5.74, 6) is 0.173. The molecule has 152 valence electrons. The highest BCUT2D eigenvalue weighted by molar-refractivity contribution is 7.22. The molecule has 0 aliphatic heterocycles. The largest absolute Gasteiger partial charge is 0.350 e. The van der Waals surface area contributed by atoms with Gasteiger partial charge in [-0.05, 0) is 58.6 Å². The number of rotatable bonds is 5. The number of aromatic nitrogens is 3. The van der Waals surface area contributed by atoms with Crippen LogP contribution in [0.15, 0.2) is 24.3 Å². The molecule has 1 aromatic carbocycles. The first kappa shape index (κ1) is 19.6. The minimum absolute atomic E-state index is 0.190. The van der Waals surface area contributed by atoms with Gasteiger partial charge >= 0.3 is 0 Å². The SMILES string of the molecule is Cc1ccc(C(=O)Nc2nc3c(s2)c(C(=O)NCC2CC2)nn3C(C)(C)C)cc1. The monoisotopic (exact) mass is 411 g/mol. The van der Waals surface area contributed by atoms with Crippen molar-refractivity contribution in [3.8, 4) is 0 Å². The van der Waals surface area contributed by atoms with Crippen molar-refractivity contribution >= 4 is 38.6 Å². The molecule has 2 heterocycles. The van der Waals surface area contributed by atoms with E-state index < -0.39 is 0 Å². The summed E-state index contributed by atoms with van der Waals surface area (Å²) in [4.78, 5) is 29.9. The van der Waals surface area contributed by atoms with Crippen LogP contribution in [0.3, 0.4) is 0 Å². The molecule has 0 radical (unpaired) electrons. The van der Waals surface area contributed by atoms with E-state index in [1.165, 1.54) is 24.2 Å². The number of nitrogens with one attached hydrogen (secondary N) is 2. The van der Waals surface area contributed by atoms with Gasteiger partial charge in [0.1, 0.15) is 4.70 Å². The van der Waals surface area contributed by atoms with E-state index in [-0.39, 0.29) is 17.4 Å². The van der Waals surface area contributed by atoms with Crippen molar-refractivity contribution in [2.24, 2.45) is 5.92 Å². The second-order valence-electron chi connectivity index (χ2n) is 8.58. The van der Waals surface area contributed by atoms with Crippen molar-refractivity contribution in [3.63, 3.8) is 0 Å². The van der Waals surface area contributed by atoms with E-state index in [0.29, 0.717) is 39.2 Å². The second kappa shape index (κ2) is 7.26. The molecule has 0 bridgehead atoms. The van der Waals surface area contributed by atoms with Gasteiger partial charge in [0.25, 0.3) is 11.8 Å². The van der Waals surface area contributed by atoms with Crippen molar-refractivity contribution in [2.75, 3.05) is 11.9 Å². The lowest BCUT2D eigenvalue weighted by Gasteiger charge is -2.19. The van der Waals surface area contributed by atoms with Crippen LogP contribution < -0.4 is 10.6 Å². The maximum Gasteiger partial charge on any atom is 0.273 e. The van der Waals surface area contributed by atoms with Gasteiger partial charge in [-0.3, -0.25) is 14.9 Å². The fraction of sp³-hybridized carbons (Fsp3) is 0.429. The van der Waals surface area contributed by atoms with Crippen LogP contribution >= 0.6 is 11.3 Å². The van der Waals surface area contributed by atoms with E-state index >= 15 is 0 Å². The Labute approximate surface area is 173 Å². The van der Waals surface area contributed by atoms with Crippen molar-refractivity contribution in [3.05, 3.63) is 41.1 Å².